The molecule has 0 aliphatic heterocycles. The van der Waals surface area contributed by atoms with Crippen LogP contribution in [-0.4, -0.2) is 26.3 Å². The van der Waals surface area contributed by atoms with Gasteiger partial charge in [0.15, 0.2) is 4.34 Å². The molecule has 2 aromatic heterocycles. The Bertz CT molecular complexity index is 1220. The van der Waals surface area contributed by atoms with Crippen molar-refractivity contribution >= 4 is 51.2 Å². The van der Waals surface area contributed by atoms with Gasteiger partial charge in [-0.2, -0.15) is 0 Å². The van der Waals surface area contributed by atoms with Gasteiger partial charge in [-0.3, -0.25) is 4.79 Å². The molecule has 0 atom stereocenters. The van der Waals surface area contributed by atoms with Crippen molar-refractivity contribution in [1.82, 2.24) is 25.7 Å². The summed E-state index contributed by atoms with van der Waals surface area (Å²) in [5.41, 5.74) is 4.21. The Kier molecular flexibility index (Phi) is 7.08. The standard InChI is InChI=1S/C21H19FN6OS3/c1-12-4-3-5-16(13(12)2)24-20-27-28-21(32-20)30-11-17-25-26-19(31-17)18(29)23-10-14-6-8-15(22)9-7-14/h3-9H,10-11H2,1-2H3,(H,23,29)(H,24,27). The maximum absolute atomic E-state index is 13.0. The topological polar surface area (TPSA) is 92.7 Å². The van der Waals surface area contributed by atoms with E-state index in [0.29, 0.717) is 12.3 Å². The number of benzene rings is 2. The zero-order chi connectivity index (χ0) is 22.5. The molecule has 2 N–H and O–H groups in total. The van der Waals surface area contributed by atoms with Crippen LogP contribution in [0.25, 0.3) is 0 Å². The fraction of sp³-hybridized carbons (Fsp3) is 0.190. The van der Waals surface area contributed by atoms with Crippen LogP contribution < -0.4 is 10.6 Å². The van der Waals surface area contributed by atoms with Crippen molar-refractivity contribution in [1.29, 1.82) is 0 Å². The Morgan fingerprint density at radius 3 is 2.66 bits per heavy atom. The lowest BCUT2D eigenvalue weighted by Gasteiger charge is -2.08. The van der Waals surface area contributed by atoms with Crippen LogP contribution in [0.4, 0.5) is 15.2 Å². The molecule has 11 heteroatoms. The van der Waals surface area contributed by atoms with Gasteiger partial charge < -0.3 is 10.6 Å². The lowest BCUT2D eigenvalue weighted by atomic mass is 10.1. The van der Waals surface area contributed by atoms with Gasteiger partial charge in [0.2, 0.25) is 10.1 Å². The first kappa shape index (κ1) is 22.3. The third-order valence-electron chi connectivity index (χ3n) is 4.60. The summed E-state index contributed by atoms with van der Waals surface area (Å²) in [6, 6.07) is 12.1. The highest BCUT2D eigenvalue weighted by Crippen LogP contribution is 2.31. The highest BCUT2D eigenvalue weighted by atomic mass is 32.2. The molecule has 4 aromatic rings. The number of nitrogens with zero attached hydrogens (tertiary/aromatic N) is 4. The number of thioether (sulfide) groups is 1. The van der Waals surface area contributed by atoms with Crippen LogP contribution >= 0.6 is 34.4 Å². The van der Waals surface area contributed by atoms with E-state index >= 15 is 0 Å². The third kappa shape index (κ3) is 5.67. The summed E-state index contributed by atoms with van der Waals surface area (Å²) >= 11 is 4.19. The second-order valence-electron chi connectivity index (χ2n) is 6.84. The number of carbonyl (C=O) groups excluding carboxylic acids is 1. The van der Waals surface area contributed by atoms with Gasteiger partial charge in [0.1, 0.15) is 10.8 Å². The Hall–Kier alpha value is -2.89. The SMILES string of the molecule is Cc1cccc(Nc2nnc(SCc3nnc(C(=O)NCc4ccc(F)cc4)s3)s2)c1C. The van der Waals surface area contributed by atoms with Gasteiger partial charge in [0.05, 0.1) is 5.75 Å². The van der Waals surface area contributed by atoms with Gasteiger partial charge in [0.25, 0.3) is 5.91 Å². The normalized spacial score (nSPS) is 10.8. The van der Waals surface area contributed by atoms with Gasteiger partial charge in [-0.25, -0.2) is 4.39 Å². The first-order valence-electron chi connectivity index (χ1n) is 9.62. The van der Waals surface area contributed by atoms with Crippen LogP contribution in [-0.2, 0) is 12.3 Å². The zero-order valence-electron chi connectivity index (χ0n) is 17.3. The van der Waals surface area contributed by atoms with Crippen molar-refractivity contribution in [3.8, 4) is 0 Å². The summed E-state index contributed by atoms with van der Waals surface area (Å²) in [7, 11) is 0. The fourth-order valence-corrected chi connectivity index (χ4v) is 5.21. The van der Waals surface area contributed by atoms with Crippen molar-refractivity contribution in [3.05, 3.63) is 75.0 Å². The molecular weight excluding hydrogens is 467 g/mol. The maximum atomic E-state index is 13.0. The van der Waals surface area contributed by atoms with Gasteiger partial charge >= 0.3 is 0 Å². The number of nitrogens with one attached hydrogen (secondary N) is 2. The van der Waals surface area contributed by atoms with Crippen LogP contribution in [0.3, 0.4) is 0 Å². The van der Waals surface area contributed by atoms with Gasteiger partial charge in [-0.05, 0) is 48.7 Å². The van der Waals surface area contributed by atoms with E-state index in [-0.39, 0.29) is 16.7 Å². The van der Waals surface area contributed by atoms with E-state index < -0.39 is 0 Å². The second kappa shape index (κ2) is 10.2. The first-order chi connectivity index (χ1) is 15.5. The largest absolute Gasteiger partial charge is 0.346 e. The summed E-state index contributed by atoms with van der Waals surface area (Å²) in [4.78, 5) is 12.3. The van der Waals surface area contributed by atoms with E-state index in [2.05, 4.69) is 50.9 Å². The molecule has 2 aromatic carbocycles. The van der Waals surface area contributed by atoms with Gasteiger partial charge in [-0.15, -0.1) is 20.4 Å². The number of anilines is 2. The average molecular weight is 487 g/mol. The van der Waals surface area contributed by atoms with E-state index in [4.69, 9.17) is 0 Å². The molecule has 0 spiro atoms. The highest BCUT2D eigenvalue weighted by Gasteiger charge is 2.14. The molecule has 0 fully saturated rings. The molecule has 0 saturated carbocycles. The second-order valence-corrected chi connectivity index (χ2v) is 10.1. The molecule has 0 radical (unpaired) electrons. The number of halogens is 1. The average Bonchev–Trinajstić information content (AvgIpc) is 3.44. The van der Waals surface area contributed by atoms with Crippen molar-refractivity contribution in [2.45, 2.75) is 30.5 Å². The van der Waals surface area contributed by atoms with Crippen LogP contribution in [0.2, 0.25) is 0 Å². The molecule has 4 rings (SSSR count). The van der Waals surface area contributed by atoms with Gasteiger partial charge in [-0.1, -0.05) is 58.7 Å². The number of rotatable bonds is 8. The first-order valence-corrected chi connectivity index (χ1v) is 12.2. The van der Waals surface area contributed by atoms with Crippen LogP contribution in [0.5, 0.6) is 0 Å². The summed E-state index contributed by atoms with van der Waals surface area (Å²) in [6.07, 6.45) is 0. The predicted molar refractivity (Wildman–Crippen MR) is 126 cm³/mol. The molecule has 2 heterocycles. The molecule has 0 aliphatic carbocycles. The molecule has 0 saturated heterocycles. The molecule has 7 nitrogen and oxygen atoms in total. The minimum absolute atomic E-state index is 0.289. The van der Waals surface area contributed by atoms with Gasteiger partial charge in [0, 0.05) is 12.2 Å². The van der Waals surface area contributed by atoms with E-state index in [1.165, 1.54) is 57.7 Å². The number of aromatic nitrogens is 4. The Balaban J connectivity index is 1.29. The summed E-state index contributed by atoms with van der Waals surface area (Å²) in [6.45, 7) is 4.43. The minimum Gasteiger partial charge on any atom is -0.346 e. The lowest BCUT2D eigenvalue weighted by molar-refractivity contribution is 0.0950. The van der Waals surface area contributed by atoms with Crippen molar-refractivity contribution in [2.75, 3.05) is 5.32 Å². The molecule has 164 valence electrons. The maximum Gasteiger partial charge on any atom is 0.282 e. The minimum atomic E-state index is -0.310. The molecule has 1 amide bonds. The Labute approximate surface area is 196 Å². The highest BCUT2D eigenvalue weighted by molar-refractivity contribution is 8.00. The molecule has 0 unspecified atom stereocenters. The fourth-order valence-electron chi connectivity index (χ4n) is 2.71. The van der Waals surface area contributed by atoms with Crippen molar-refractivity contribution < 1.29 is 9.18 Å². The Morgan fingerprint density at radius 1 is 1.03 bits per heavy atom. The quantitative estimate of drug-likeness (QED) is 0.334. The molecule has 0 aliphatic rings. The van der Waals surface area contributed by atoms with Crippen LogP contribution in [0, 0.1) is 19.7 Å². The summed E-state index contributed by atoms with van der Waals surface area (Å²) in [5, 5.41) is 24.3. The number of amides is 1. The summed E-state index contributed by atoms with van der Waals surface area (Å²) in [5.74, 6) is -0.0740. The van der Waals surface area contributed by atoms with Crippen molar-refractivity contribution in [2.24, 2.45) is 0 Å². The lowest BCUT2D eigenvalue weighted by Crippen LogP contribution is -2.22. The third-order valence-corrected chi connectivity index (χ3v) is 7.69. The number of carbonyl (C=O) groups is 1. The van der Waals surface area contributed by atoms with E-state index in [0.717, 1.165) is 25.7 Å². The van der Waals surface area contributed by atoms with E-state index in [1.54, 1.807) is 12.1 Å². The zero-order valence-corrected chi connectivity index (χ0v) is 19.7. The van der Waals surface area contributed by atoms with E-state index in [1.807, 2.05) is 12.1 Å². The number of hydrogen-bond donors (Lipinski definition) is 2. The monoisotopic (exact) mass is 486 g/mol. The summed E-state index contributed by atoms with van der Waals surface area (Å²) < 4.78 is 13.8. The predicted octanol–water partition coefficient (Wildman–Crippen LogP) is 5.11. The molecule has 32 heavy (non-hydrogen) atoms. The molecule has 0 bridgehead atoms. The van der Waals surface area contributed by atoms with Crippen molar-refractivity contribution in [3.63, 3.8) is 0 Å². The van der Waals surface area contributed by atoms with Crippen LogP contribution in [0.15, 0.2) is 46.8 Å². The Morgan fingerprint density at radius 2 is 1.84 bits per heavy atom. The number of aryl methyl sites for hydroxylation is 1. The van der Waals surface area contributed by atoms with Crippen LogP contribution in [0.1, 0.15) is 31.5 Å². The van der Waals surface area contributed by atoms with E-state index in [9.17, 15) is 9.18 Å². The smallest absolute Gasteiger partial charge is 0.282 e. The molecular formula is C21H19FN6OS3. The number of hydrogen-bond acceptors (Lipinski definition) is 9.